The molecule has 1 aliphatic rings. The molecular weight excluding hydrogens is 354 g/mol. The third kappa shape index (κ3) is 2.82. The molecule has 1 aromatic carbocycles. The molecule has 0 aliphatic carbocycles. The summed E-state index contributed by atoms with van der Waals surface area (Å²) in [6.45, 7) is 3.82. The van der Waals surface area contributed by atoms with Crippen molar-refractivity contribution in [3.05, 3.63) is 50.6 Å². The smallest absolute Gasteiger partial charge is 0.269 e. The van der Waals surface area contributed by atoms with Crippen molar-refractivity contribution < 1.29 is 10.0 Å². The Morgan fingerprint density at radius 2 is 2.00 bits per heavy atom. The zero-order valence-electron chi connectivity index (χ0n) is 14.3. The third-order valence-electron chi connectivity index (χ3n) is 4.73. The number of benzene rings is 1. The largest absolute Gasteiger partial charge is 0.492 e. The Labute approximate surface area is 153 Å². The van der Waals surface area contributed by atoms with E-state index in [0.717, 1.165) is 36.4 Å². The molecule has 136 valence electrons. The SMILES string of the molecule is CCc1nc2sc([C@@H](c3ccc([N+](=O)[O-])cc3)N3CCCC3)c(O)n2n1. The first-order valence-corrected chi connectivity index (χ1v) is 9.46. The van der Waals surface area contributed by atoms with E-state index >= 15 is 0 Å². The lowest BCUT2D eigenvalue weighted by molar-refractivity contribution is -0.384. The fourth-order valence-electron chi connectivity index (χ4n) is 3.42. The number of non-ortho nitro benzene ring substituents is 1. The Balaban J connectivity index is 1.79. The highest BCUT2D eigenvalue weighted by Crippen LogP contribution is 2.41. The highest BCUT2D eigenvalue weighted by Gasteiger charge is 2.31. The summed E-state index contributed by atoms with van der Waals surface area (Å²) in [6.07, 6.45) is 2.91. The lowest BCUT2D eigenvalue weighted by Crippen LogP contribution is -2.26. The van der Waals surface area contributed by atoms with E-state index in [9.17, 15) is 15.2 Å². The van der Waals surface area contributed by atoms with Gasteiger partial charge in [-0.3, -0.25) is 15.0 Å². The lowest BCUT2D eigenvalue weighted by Gasteiger charge is -2.26. The topological polar surface area (TPSA) is 96.8 Å². The maximum Gasteiger partial charge on any atom is 0.269 e. The number of fused-ring (bicyclic) bond motifs is 1. The Morgan fingerprint density at radius 3 is 2.58 bits per heavy atom. The van der Waals surface area contributed by atoms with E-state index in [1.165, 1.54) is 28.0 Å². The van der Waals surface area contributed by atoms with Gasteiger partial charge in [0.15, 0.2) is 5.82 Å². The first kappa shape index (κ1) is 16.9. The van der Waals surface area contributed by atoms with Crippen molar-refractivity contribution in [3.8, 4) is 5.88 Å². The number of thiazole rings is 1. The minimum absolute atomic E-state index is 0.0633. The van der Waals surface area contributed by atoms with Gasteiger partial charge in [-0.05, 0) is 31.5 Å². The van der Waals surface area contributed by atoms with Gasteiger partial charge in [0.25, 0.3) is 5.69 Å². The quantitative estimate of drug-likeness (QED) is 0.545. The van der Waals surface area contributed by atoms with Crippen LogP contribution in [0.25, 0.3) is 4.96 Å². The minimum atomic E-state index is -0.401. The van der Waals surface area contributed by atoms with Gasteiger partial charge in [-0.25, -0.2) is 4.98 Å². The monoisotopic (exact) mass is 373 g/mol. The van der Waals surface area contributed by atoms with Gasteiger partial charge in [-0.15, -0.1) is 5.10 Å². The number of aromatic hydroxyl groups is 1. The maximum absolute atomic E-state index is 10.9. The lowest BCUT2D eigenvalue weighted by atomic mass is 10.0. The second kappa shape index (κ2) is 6.65. The van der Waals surface area contributed by atoms with Crippen molar-refractivity contribution in [2.24, 2.45) is 0 Å². The molecule has 3 aromatic rings. The van der Waals surface area contributed by atoms with Crippen molar-refractivity contribution in [3.63, 3.8) is 0 Å². The first-order chi connectivity index (χ1) is 12.6. The van der Waals surface area contributed by atoms with Crippen molar-refractivity contribution in [1.82, 2.24) is 19.5 Å². The summed E-state index contributed by atoms with van der Waals surface area (Å²) in [5, 5.41) is 26.1. The highest BCUT2D eigenvalue weighted by atomic mass is 32.1. The highest BCUT2D eigenvalue weighted by molar-refractivity contribution is 7.17. The number of rotatable bonds is 5. The molecule has 2 aromatic heterocycles. The van der Waals surface area contributed by atoms with Gasteiger partial charge in [0.1, 0.15) is 0 Å². The van der Waals surface area contributed by atoms with Crippen LogP contribution in [0.3, 0.4) is 0 Å². The number of nitrogens with zero attached hydrogens (tertiary/aromatic N) is 5. The molecule has 1 atom stereocenters. The van der Waals surface area contributed by atoms with E-state index in [-0.39, 0.29) is 17.6 Å². The molecule has 26 heavy (non-hydrogen) atoms. The van der Waals surface area contributed by atoms with Crippen LogP contribution in [0.4, 0.5) is 5.69 Å². The van der Waals surface area contributed by atoms with Crippen LogP contribution < -0.4 is 0 Å². The van der Waals surface area contributed by atoms with E-state index in [4.69, 9.17) is 0 Å². The number of hydrogen-bond acceptors (Lipinski definition) is 7. The molecule has 1 fully saturated rings. The second-order valence-corrected chi connectivity index (χ2v) is 7.37. The predicted molar refractivity (Wildman–Crippen MR) is 97.7 cm³/mol. The number of nitro benzene ring substituents is 1. The van der Waals surface area contributed by atoms with Crippen LogP contribution in [0, 0.1) is 10.1 Å². The molecule has 0 spiro atoms. The molecule has 4 rings (SSSR count). The molecular formula is C17H19N5O3S. The van der Waals surface area contributed by atoms with Crippen molar-refractivity contribution in [2.75, 3.05) is 13.1 Å². The van der Waals surface area contributed by atoms with E-state index in [2.05, 4.69) is 15.0 Å². The van der Waals surface area contributed by atoms with Crippen LogP contribution in [-0.4, -0.2) is 42.6 Å². The molecule has 0 amide bonds. The molecule has 1 saturated heterocycles. The average molecular weight is 373 g/mol. The summed E-state index contributed by atoms with van der Waals surface area (Å²) in [5.41, 5.74) is 0.987. The summed E-state index contributed by atoms with van der Waals surface area (Å²) >= 11 is 1.42. The summed E-state index contributed by atoms with van der Waals surface area (Å²) in [6, 6.07) is 6.42. The van der Waals surface area contributed by atoms with Crippen molar-refractivity contribution >= 4 is 22.0 Å². The van der Waals surface area contributed by atoms with Crippen molar-refractivity contribution in [1.29, 1.82) is 0 Å². The number of likely N-dealkylation sites (tertiary alicyclic amines) is 1. The van der Waals surface area contributed by atoms with Gasteiger partial charge in [0.05, 0.1) is 15.8 Å². The molecule has 9 heteroatoms. The second-order valence-electron chi connectivity index (χ2n) is 6.36. The molecule has 0 radical (unpaired) electrons. The Morgan fingerprint density at radius 1 is 1.31 bits per heavy atom. The standard InChI is InChI=1S/C17H19N5O3S/c1-2-13-18-17-21(19-13)16(23)15(26-17)14(20-9-3-4-10-20)11-5-7-12(8-6-11)22(24)25/h5-8,14,23H,2-4,9-10H2,1H3/t14-/m1/s1. The van der Waals surface area contributed by atoms with Crippen LogP contribution in [0.5, 0.6) is 5.88 Å². The van der Waals surface area contributed by atoms with Gasteiger partial charge < -0.3 is 5.11 Å². The van der Waals surface area contributed by atoms with E-state index in [1.54, 1.807) is 12.1 Å². The minimum Gasteiger partial charge on any atom is -0.492 e. The number of aryl methyl sites for hydroxylation is 1. The summed E-state index contributed by atoms with van der Waals surface area (Å²) in [5.74, 6) is 0.804. The number of hydrogen-bond donors (Lipinski definition) is 1. The van der Waals surface area contributed by atoms with E-state index < -0.39 is 4.92 Å². The maximum atomic E-state index is 10.9. The molecule has 0 bridgehead atoms. The van der Waals surface area contributed by atoms with Gasteiger partial charge in [0, 0.05) is 18.6 Å². The Hall–Kier alpha value is -2.52. The molecule has 3 heterocycles. The molecule has 1 aliphatic heterocycles. The summed E-state index contributed by atoms with van der Waals surface area (Å²) in [4.78, 5) is 18.7. The summed E-state index contributed by atoms with van der Waals surface area (Å²) < 4.78 is 1.49. The number of aromatic nitrogens is 3. The van der Waals surface area contributed by atoms with Crippen LogP contribution in [0.15, 0.2) is 24.3 Å². The van der Waals surface area contributed by atoms with Gasteiger partial charge in [0.2, 0.25) is 10.8 Å². The molecule has 1 N–H and O–H groups in total. The van der Waals surface area contributed by atoms with Gasteiger partial charge in [-0.1, -0.05) is 30.4 Å². The van der Waals surface area contributed by atoms with Gasteiger partial charge >= 0.3 is 0 Å². The number of nitro groups is 1. The van der Waals surface area contributed by atoms with Crippen LogP contribution >= 0.6 is 11.3 Å². The fourth-order valence-corrected chi connectivity index (χ4v) is 4.56. The molecule has 8 nitrogen and oxygen atoms in total. The Bertz CT molecular complexity index is 943. The summed E-state index contributed by atoms with van der Waals surface area (Å²) in [7, 11) is 0. The zero-order chi connectivity index (χ0) is 18.3. The van der Waals surface area contributed by atoms with Crippen LogP contribution in [0.1, 0.15) is 42.1 Å². The van der Waals surface area contributed by atoms with E-state index in [0.29, 0.717) is 17.2 Å². The Kier molecular flexibility index (Phi) is 4.33. The van der Waals surface area contributed by atoms with Gasteiger partial charge in [-0.2, -0.15) is 4.52 Å². The van der Waals surface area contributed by atoms with E-state index in [1.807, 2.05) is 6.92 Å². The fraction of sp³-hybridized carbons (Fsp3) is 0.412. The van der Waals surface area contributed by atoms with Crippen LogP contribution in [0.2, 0.25) is 0 Å². The normalized spacial score (nSPS) is 16.3. The zero-order valence-corrected chi connectivity index (χ0v) is 15.1. The average Bonchev–Trinajstić information content (AvgIpc) is 3.35. The molecule has 0 saturated carbocycles. The first-order valence-electron chi connectivity index (χ1n) is 8.64. The molecule has 0 unspecified atom stereocenters. The van der Waals surface area contributed by atoms with Crippen LogP contribution in [-0.2, 0) is 6.42 Å². The predicted octanol–water partition coefficient (Wildman–Crippen LogP) is 3.15. The van der Waals surface area contributed by atoms with Crippen molar-refractivity contribution in [2.45, 2.75) is 32.2 Å². The third-order valence-corrected chi connectivity index (χ3v) is 5.81.